The van der Waals surface area contributed by atoms with E-state index in [9.17, 15) is 0 Å². The highest BCUT2D eigenvalue weighted by Crippen LogP contribution is 2.28. The number of ether oxygens (including phenoxy) is 1. The summed E-state index contributed by atoms with van der Waals surface area (Å²) in [6, 6.07) is 9.86. The minimum atomic E-state index is 0.322. The molecule has 4 aromatic rings. The van der Waals surface area contributed by atoms with Gasteiger partial charge in [-0.15, -0.1) is 5.10 Å². The molecule has 114 valence electrons. The van der Waals surface area contributed by atoms with Crippen LogP contribution in [0.25, 0.3) is 16.9 Å². The van der Waals surface area contributed by atoms with Gasteiger partial charge in [-0.25, -0.2) is 14.8 Å². The third-order valence-corrected chi connectivity index (χ3v) is 3.38. The number of pyridine rings is 1. The van der Waals surface area contributed by atoms with E-state index < -0.39 is 0 Å². The maximum atomic E-state index is 5.92. The molecule has 3 heterocycles. The molecule has 0 aliphatic rings. The molecule has 0 spiro atoms. The number of benzene rings is 1. The van der Waals surface area contributed by atoms with E-state index in [2.05, 4.69) is 25.5 Å². The number of H-pyrrole nitrogens is 1. The van der Waals surface area contributed by atoms with Gasteiger partial charge in [-0.1, -0.05) is 23.4 Å². The van der Waals surface area contributed by atoms with Crippen LogP contribution >= 0.6 is 0 Å². The minimum Gasteiger partial charge on any atom is -0.484 e. The molecule has 0 aliphatic carbocycles. The number of nitrogens with zero attached hydrogens (tertiary/aromatic N) is 5. The largest absolute Gasteiger partial charge is 0.484 e. The minimum absolute atomic E-state index is 0.322. The van der Waals surface area contributed by atoms with Crippen LogP contribution in [0, 0.1) is 0 Å². The van der Waals surface area contributed by atoms with Gasteiger partial charge in [0.25, 0.3) is 0 Å². The summed E-state index contributed by atoms with van der Waals surface area (Å²) >= 11 is 0. The number of aromatic nitrogens is 6. The maximum Gasteiger partial charge on any atom is 0.179 e. The highest BCUT2D eigenvalue weighted by molar-refractivity contribution is 5.82. The van der Waals surface area contributed by atoms with Crippen LogP contribution in [0.1, 0.15) is 5.56 Å². The van der Waals surface area contributed by atoms with E-state index >= 15 is 0 Å². The first-order chi connectivity index (χ1) is 11.3. The Kier molecular flexibility index (Phi) is 3.12. The van der Waals surface area contributed by atoms with Crippen LogP contribution in [0.15, 0.2) is 48.9 Å². The molecule has 0 fully saturated rings. The van der Waals surface area contributed by atoms with Crippen LogP contribution in [0.4, 0.5) is 5.69 Å². The Labute approximate surface area is 130 Å². The molecule has 0 saturated carbocycles. The van der Waals surface area contributed by atoms with Crippen molar-refractivity contribution < 1.29 is 4.74 Å². The van der Waals surface area contributed by atoms with Crippen molar-refractivity contribution in [3.8, 4) is 11.4 Å². The third-order valence-electron chi connectivity index (χ3n) is 3.38. The summed E-state index contributed by atoms with van der Waals surface area (Å²) < 4.78 is 7.59. The number of nitrogens with two attached hydrogens (primary N) is 1. The molecule has 8 nitrogen and oxygen atoms in total. The van der Waals surface area contributed by atoms with Gasteiger partial charge in [0.1, 0.15) is 6.61 Å². The lowest BCUT2D eigenvalue weighted by Gasteiger charge is -2.07. The third kappa shape index (κ3) is 2.46. The molecule has 0 radical (unpaired) electrons. The van der Waals surface area contributed by atoms with E-state index in [-0.39, 0.29) is 0 Å². The number of rotatable bonds is 4. The highest BCUT2D eigenvalue weighted by Gasteiger charge is 2.12. The summed E-state index contributed by atoms with van der Waals surface area (Å²) in [7, 11) is 0. The first-order valence-corrected chi connectivity index (χ1v) is 6.98. The molecule has 0 bridgehead atoms. The van der Waals surface area contributed by atoms with Crippen LogP contribution in [0.5, 0.6) is 5.75 Å². The van der Waals surface area contributed by atoms with Gasteiger partial charge < -0.3 is 10.5 Å². The molecule has 0 aliphatic heterocycles. The molecule has 1 aromatic carbocycles. The zero-order valence-corrected chi connectivity index (χ0v) is 12.0. The Balaban J connectivity index is 1.56. The van der Waals surface area contributed by atoms with E-state index in [1.165, 1.54) is 6.20 Å². The Morgan fingerprint density at radius 2 is 2.04 bits per heavy atom. The van der Waals surface area contributed by atoms with Crippen LogP contribution in [0.2, 0.25) is 0 Å². The summed E-state index contributed by atoms with van der Waals surface area (Å²) in [4.78, 5) is 4.10. The second-order valence-corrected chi connectivity index (χ2v) is 4.97. The molecular formula is C15H13N7O. The molecule has 0 saturated heterocycles. The molecule has 3 aromatic heterocycles. The van der Waals surface area contributed by atoms with E-state index in [0.29, 0.717) is 29.2 Å². The Bertz CT molecular complexity index is 945. The maximum absolute atomic E-state index is 5.92. The predicted molar refractivity (Wildman–Crippen MR) is 84.0 cm³/mol. The predicted octanol–water partition coefficient (Wildman–Crippen LogP) is 1.70. The molecule has 0 atom stereocenters. The second kappa shape index (κ2) is 5.41. The van der Waals surface area contributed by atoms with Crippen molar-refractivity contribution in [2.45, 2.75) is 6.61 Å². The van der Waals surface area contributed by atoms with E-state index in [1.54, 1.807) is 10.9 Å². The summed E-state index contributed by atoms with van der Waals surface area (Å²) in [5, 5.41) is 14.7. The topological polar surface area (TPSA) is 108 Å². The van der Waals surface area contributed by atoms with Gasteiger partial charge in [0.05, 0.1) is 23.8 Å². The summed E-state index contributed by atoms with van der Waals surface area (Å²) in [5.41, 5.74) is 9.29. The number of nitrogens with one attached hydrogen (secondary N) is 1. The molecule has 4 rings (SSSR count). The van der Waals surface area contributed by atoms with Crippen LogP contribution in [0.3, 0.4) is 0 Å². The van der Waals surface area contributed by atoms with E-state index in [0.717, 1.165) is 11.3 Å². The lowest BCUT2D eigenvalue weighted by atomic mass is 10.3. The molecule has 23 heavy (non-hydrogen) atoms. The number of aromatic amines is 1. The smallest absolute Gasteiger partial charge is 0.179 e. The van der Waals surface area contributed by atoms with Gasteiger partial charge in [-0.05, 0) is 12.1 Å². The van der Waals surface area contributed by atoms with E-state index in [1.807, 2.05) is 36.5 Å². The van der Waals surface area contributed by atoms with Crippen molar-refractivity contribution in [2.24, 2.45) is 0 Å². The van der Waals surface area contributed by atoms with Crippen LogP contribution in [-0.4, -0.2) is 30.2 Å². The van der Waals surface area contributed by atoms with Crippen molar-refractivity contribution >= 4 is 16.9 Å². The Hall–Kier alpha value is -3.42. The normalized spacial score (nSPS) is 11.0. The van der Waals surface area contributed by atoms with Crippen LogP contribution in [-0.2, 0) is 6.61 Å². The Morgan fingerprint density at radius 3 is 2.91 bits per heavy atom. The number of anilines is 1. The summed E-state index contributed by atoms with van der Waals surface area (Å²) in [6.07, 6.45) is 5.18. The average molecular weight is 307 g/mol. The first kappa shape index (κ1) is 13.3. The number of fused-ring (bicyclic) bond motifs is 1. The number of nitrogen functional groups attached to an aromatic ring is 1. The van der Waals surface area contributed by atoms with E-state index in [4.69, 9.17) is 10.5 Å². The van der Waals surface area contributed by atoms with Gasteiger partial charge in [0.2, 0.25) is 0 Å². The van der Waals surface area contributed by atoms with Gasteiger partial charge >= 0.3 is 0 Å². The standard InChI is InChI=1S/C15H13N7O/c16-12-7-17-15-13(19-21-20-15)14(12)23-9-10-6-18-22(8-10)11-4-2-1-3-5-11/h1-8H,9,16H2,(H,17,19,20,21). The summed E-state index contributed by atoms with van der Waals surface area (Å²) in [5.74, 6) is 0.469. The van der Waals surface area contributed by atoms with Gasteiger partial charge in [-0.3, -0.25) is 0 Å². The fourth-order valence-corrected chi connectivity index (χ4v) is 2.26. The average Bonchev–Trinajstić information content (AvgIpc) is 3.24. The first-order valence-electron chi connectivity index (χ1n) is 6.98. The van der Waals surface area contributed by atoms with Crippen molar-refractivity contribution in [1.82, 2.24) is 30.2 Å². The molecule has 8 heteroatoms. The number of hydrogen-bond acceptors (Lipinski definition) is 6. The van der Waals surface area contributed by atoms with Crippen LogP contribution < -0.4 is 10.5 Å². The SMILES string of the molecule is Nc1cnc2[nH]nnc2c1OCc1cnn(-c2ccccc2)c1. The number of para-hydroxylation sites is 1. The van der Waals surface area contributed by atoms with Gasteiger partial charge in [0, 0.05) is 11.8 Å². The molecule has 0 unspecified atom stereocenters. The molecule has 3 N–H and O–H groups in total. The van der Waals surface area contributed by atoms with Gasteiger partial charge in [-0.2, -0.15) is 5.10 Å². The fourth-order valence-electron chi connectivity index (χ4n) is 2.26. The lowest BCUT2D eigenvalue weighted by molar-refractivity contribution is 0.311. The van der Waals surface area contributed by atoms with Crippen molar-refractivity contribution in [1.29, 1.82) is 0 Å². The van der Waals surface area contributed by atoms with Crippen molar-refractivity contribution in [2.75, 3.05) is 5.73 Å². The zero-order chi connectivity index (χ0) is 15.6. The van der Waals surface area contributed by atoms with Crippen molar-refractivity contribution in [3.05, 3.63) is 54.5 Å². The quantitative estimate of drug-likeness (QED) is 0.594. The number of hydrogen-bond donors (Lipinski definition) is 2. The summed E-state index contributed by atoms with van der Waals surface area (Å²) in [6.45, 7) is 0.322. The van der Waals surface area contributed by atoms with Gasteiger partial charge in [0.15, 0.2) is 16.9 Å². The second-order valence-electron chi connectivity index (χ2n) is 4.97. The van der Waals surface area contributed by atoms with Crippen molar-refractivity contribution in [3.63, 3.8) is 0 Å². The fraction of sp³-hybridized carbons (Fsp3) is 0.0667. The molecular weight excluding hydrogens is 294 g/mol. The lowest BCUT2D eigenvalue weighted by Crippen LogP contribution is -2.00. The monoisotopic (exact) mass is 307 g/mol. The molecule has 0 amide bonds. The highest BCUT2D eigenvalue weighted by atomic mass is 16.5. The Morgan fingerprint density at radius 1 is 1.17 bits per heavy atom. The zero-order valence-electron chi connectivity index (χ0n) is 12.0.